The third-order valence-electron chi connectivity index (χ3n) is 3.03. The van der Waals surface area contributed by atoms with Crippen molar-refractivity contribution in [1.29, 1.82) is 0 Å². The molecule has 1 aromatic heterocycles. The first-order chi connectivity index (χ1) is 10.1. The van der Waals surface area contributed by atoms with Gasteiger partial charge in [-0.3, -0.25) is 0 Å². The average molecular weight is 349 g/mol. The molecule has 0 aliphatic carbocycles. The molecule has 110 valence electrons. The molecular weight excluding hydrogens is 332 g/mol. The Balaban J connectivity index is 2.19. The monoisotopic (exact) mass is 348 g/mol. The number of carbonyl (C=O) groups excluding carboxylic acids is 1. The molecule has 0 aliphatic heterocycles. The van der Waals surface area contributed by atoms with E-state index in [4.69, 9.17) is 4.74 Å². The van der Waals surface area contributed by atoms with Crippen molar-refractivity contribution in [2.75, 3.05) is 11.9 Å². The second-order valence-electron chi connectivity index (χ2n) is 4.54. The number of esters is 1. The highest BCUT2D eigenvalue weighted by atomic mass is 79.9. The van der Waals surface area contributed by atoms with E-state index in [9.17, 15) is 4.79 Å². The van der Waals surface area contributed by atoms with Gasteiger partial charge in [0.05, 0.1) is 6.61 Å². The van der Waals surface area contributed by atoms with Crippen LogP contribution in [0.15, 0.2) is 47.1 Å². The molecule has 1 aromatic carbocycles. The molecule has 0 saturated carbocycles. The van der Waals surface area contributed by atoms with Gasteiger partial charge in [-0.05, 0) is 43.7 Å². The molecule has 0 saturated heterocycles. The number of anilines is 1. The first-order valence-corrected chi connectivity index (χ1v) is 7.55. The average Bonchev–Trinajstić information content (AvgIpc) is 2.48. The second-order valence-corrected chi connectivity index (χ2v) is 5.45. The molecular formula is C16H17BrN2O2. The standard InChI is InChI=1S/C16H17BrN2O2/c1-3-21-16(20)14-5-4-10-18-15(14)19-11(2)12-6-8-13(17)9-7-12/h4-11H,3H2,1-2H3,(H,18,19). The van der Waals surface area contributed by atoms with Gasteiger partial charge in [0.2, 0.25) is 0 Å². The van der Waals surface area contributed by atoms with Gasteiger partial charge in [-0.1, -0.05) is 28.1 Å². The maximum Gasteiger partial charge on any atom is 0.341 e. The Morgan fingerprint density at radius 1 is 1.33 bits per heavy atom. The van der Waals surface area contributed by atoms with Gasteiger partial charge < -0.3 is 10.1 Å². The summed E-state index contributed by atoms with van der Waals surface area (Å²) in [5.74, 6) is 0.169. The van der Waals surface area contributed by atoms with Crippen molar-refractivity contribution < 1.29 is 9.53 Å². The summed E-state index contributed by atoms with van der Waals surface area (Å²) in [5.41, 5.74) is 1.56. The van der Waals surface area contributed by atoms with E-state index in [1.165, 1.54) is 0 Å². The lowest BCUT2D eigenvalue weighted by Gasteiger charge is -2.17. The predicted octanol–water partition coefficient (Wildman–Crippen LogP) is 4.19. The summed E-state index contributed by atoms with van der Waals surface area (Å²) in [4.78, 5) is 16.2. The normalized spacial score (nSPS) is 11.8. The van der Waals surface area contributed by atoms with E-state index < -0.39 is 0 Å². The highest BCUT2D eigenvalue weighted by Gasteiger charge is 2.15. The van der Waals surface area contributed by atoms with E-state index >= 15 is 0 Å². The molecule has 21 heavy (non-hydrogen) atoms. The van der Waals surface area contributed by atoms with Gasteiger partial charge in [0.15, 0.2) is 0 Å². The zero-order valence-electron chi connectivity index (χ0n) is 12.0. The number of pyridine rings is 1. The molecule has 5 heteroatoms. The molecule has 1 N–H and O–H groups in total. The van der Waals surface area contributed by atoms with E-state index in [1.54, 1.807) is 25.3 Å². The number of halogens is 1. The van der Waals surface area contributed by atoms with Crippen LogP contribution in [0.5, 0.6) is 0 Å². The van der Waals surface area contributed by atoms with Crippen molar-refractivity contribution in [3.63, 3.8) is 0 Å². The molecule has 1 heterocycles. The lowest BCUT2D eigenvalue weighted by atomic mass is 10.1. The molecule has 4 nitrogen and oxygen atoms in total. The quantitative estimate of drug-likeness (QED) is 0.823. The molecule has 0 spiro atoms. The molecule has 0 fully saturated rings. The Kier molecular flexibility index (Phi) is 5.33. The minimum Gasteiger partial charge on any atom is -0.462 e. The number of benzene rings is 1. The van der Waals surface area contributed by atoms with Crippen LogP contribution in [0.3, 0.4) is 0 Å². The van der Waals surface area contributed by atoms with Gasteiger partial charge in [0, 0.05) is 16.7 Å². The van der Waals surface area contributed by atoms with Crippen LogP contribution in [-0.4, -0.2) is 17.6 Å². The van der Waals surface area contributed by atoms with Gasteiger partial charge in [0.1, 0.15) is 11.4 Å². The molecule has 0 aliphatic rings. The van der Waals surface area contributed by atoms with Gasteiger partial charge in [-0.2, -0.15) is 0 Å². The zero-order chi connectivity index (χ0) is 15.2. The number of ether oxygens (including phenoxy) is 1. The largest absolute Gasteiger partial charge is 0.462 e. The van der Waals surface area contributed by atoms with E-state index in [2.05, 4.69) is 26.2 Å². The SMILES string of the molecule is CCOC(=O)c1cccnc1NC(C)c1ccc(Br)cc1. The summed E-state index contributed by atoms with van der Waals surface area (Å²) < 4.78 is 6.08. The third kappa shape index (κ3) is 4.04. The molecule has 2 aromatic rings. The lowest BCUT2D eigenvalue weighted by Crippen LogP contribution is -2.13. The lowest BCUT2D eigenvalue weighted by molar-refractivity contribution is 0.0527. The fraction of sp³-hybridized carbons (Fsp3) is 0.250. The number of rotatable bonds is 5. The summed E-state index contributed by atoms with van der Waals surface area (Å²) >= 11 is 3.42. The van der Waals surface area contributed by atoms with Crippen LogP contribution in [0.25, 0.3) is 0 Å². The number of hydrogen-bond donors (Lipinski definition) is 1. The summed E-state index contributed by atoms with van der Waals surface area (Å²) in [6.07, 6.45) is 1.65. The number of aromatic nitrogens is 1. The molecule has 1 unspecified atom stereocenters. The summed E-state index contributed by atoms with van der Waals surface area (Å²) in [7, 11) is 0. The van der Waals surface area contributed by atoms with Crippen molar-refractivity contribution >= 4 is 27.7 Å². The fourth-order valence-electron chi connectivity index (χ4n) is 1.93. The first-order valence-electron chi connectivity index (χ1n) is 6.76. The maximum absolute atomic E-state index is 11.9. The molecule has 0 bridgehead atoms. The topological polar surface area (TPSA) is 51.2 Å². The van der Waals surface area contributed by atoms with Gasteiger partial charge in [-0.15, -0.1) is 0 Å². The Morgan fingerprint density at radius 2 is 2.05 bits per heavy atom. The van der Waals surface area contributed by atoms with E-state index in [-0.39, 0.29) is 12.0 Å². The van der Waals surface area contributed by atoms with Crippen LogP contribution in [0.2, 0.25) is 0 Å². The molecule has 2 rings (SSSR count). The first kappa shape index (κ1) is 15.5. The van der Waals surface area contributed by atoms with Crippen molar-refractivity contribution in [3.05, 3.63) is 58.2 Å². The fourth-order valence-corrected chi connectivity index (χ4v) is 2.20. The number of nitrogens with zero attached hydrogens (tertiary/aromatic N) is 1. The highest BCUT2D eigenvalue weighted by Crippen LogP contribution is 2.22. The third-order valence-corrected chi connectivity index (χ3v) is 3.55. The number of carbonyl (C=O) groups is 1. The van der Waals surface area contributed by atoms with Crippen LogP contribution in [-0.2, 0) is 4.74 Å². The predicted molar refractivity (Wildman–Crippen MR) is 86.4 cm³/mol. The van der Waals surface area contributed by atoms with Crippen molar-refractivity contribution in [3.8, 4) is 0 Å². The molecule has 1 atom stereocenters. The van der Waals surface area contributed by atoms with Crippen LogP contribution >= 0.6 is 15.9 Å². The van der Waals surface area contributed by atoms with E-state index in [1.807, 2.05) is 31.2 Å². The minimum absolute atomic E-state index is 0.0289. The van der Waals surface area contributed by atoms with Crippen LogP contribution in [0.4, 0.5) is 5.82 Å². The molecule has 0 amide bonds. The van der Waals surface area contributed by atoms with Crippen LogP contribution in [0.1, 0.15) is 35.8 Å². The van der Waals surface area contributed by atoms with Crippen LogP contribution in [0, 0.1) is 0 Å². The van der Waals surface area contributed by atoms with Gasteiger partial charge in [-0.25, -0.2) is 9.78 Å². The Morgan fingerprint density at radius 3 is 2.71 bits per heavy atom. The maximum atomic E-state index is 11.9. The second kappa shape index (κ2) is 7.22. The van der Waals surface area contributed by atoms with E-state index in [0.29, 0.717) is 18.0 Å². The number of hydrogen-bond acceptors (Lipinski definition) is 4. The Bertz CT molecular complexity index is 614. The zero-order valence-corrected chi connectivity index (χ0v) is 13.6. The van der Waals surface area contributed by atoms with Crippen molar-refractivity contribution in [2.24, 2.45) is 0 Å². The van der Waals surface area contributed by atoms with Gasteiger partial charge >= 0.3 is 5.97 Å². The minimum atomic E-state index is -0.365. The molecule has 0 radical (unpaired) electrons. The van der Waals surface area contributed by atoms with Gasteiger partial charge in [0.25, 0.3) is 0 Å². The Hall–Kier alpha value is -1.88. The van der Waals surface area contributed by atoms with E-state index in [0.717, 1.165) is 10.0 Å². The smallest absolute Gasteiger partial charge is 0.341 e. The van der Waals surface area contributed by atoms with Crippen molar-refractivity contribution in [1.82, 2.24) is 4.98 Å². The van der Waals surface area contributed by atoms with Crippen LogP contribution < -0.4 is 5.32 Å². The summed E-state index contributed by atoms with van der Waals surface area (Å²) in [6, 6.07) is 11.5. The Labute approximate surface area is 132 Å². The number of nitrogens with one attached hydrogen (secondary N) is 1. The highest BCUT2D eigenvalue weighted by molar-refractivity contribution is 9.10. The van der Waals surface area contributed by atoms with Crippen molar-refractivity contribution in [2.45, 2.75) is 19.9 Å². The summed E-state index contributed by atoms with van der Waals surface area (Å²) in [6.45, 7) is 4.15. The summed E-state index contributed by atoms with van der Waals surface area (Å²) in [5, 5.41) is 3.26.